The number of carbonyl (C=O) groups excluding carboxylic acids is 5. The highest BCUT2D eigenvalue weighted by atomic mass is 16.8. The Morgan fingerprint density at radius 1 is 0.966 bits per heavy atom. The minimum absolute atomic E-state index is 0.00980. The third-order valence-electron chi connectivity index (χ3n) is 5.10. The summed E-state index contributed by atoms with van der Waals surface area (Å²) in [5.41, 5.74) is 0. The van der Waals surface area contributed by atoms with E-state index in [2.05, 4.69) is 22.5 Å². The molecule has 4 amide bonds. The first kappa shape index (κ1) is 22.8. The predicted octanol–water partition coefficient (Wildman–Crippen LogP) is -1.76. The fourth-order valence-corrected chi connectivity index (χ4v) is 3.17. The van der Waals surface area contributed by atoms with Crippen LogP contribution in [-0.2, 0) is 28.8 Å². The van der Waals surface area contributed by atoms with Crippen molar-refractivity contribution in [3.8, 4) is 0 Å². The number of hydroxylamine groups is 2. The number of piperazine rings is 1. The number of nitrogens with zero attached hydrogens (tertiary/aromatic N) is 3. The zero-order valence-corrected chi connectivity index (χ0v) is 17.1. The van der Waals surface area contributed by atoms with Crippen LogP contribution in [0.15, 0.2) is 0 Å². The first-order valence-corrected chi connectivity index (χ1v) is 9.70. The average Bonchev–Trinajstić information content (AvgIpc) is 2.96. The summed E-state index contributed by atoms with van der Waals surface area (Å²) in [6, 6.07) is 0.119. The van der Waals surface area contributed by atoms with Gasteiger partial charge in [-0.3, -0.25) is 24.1 Å². The van der Waals surface area contributed by atoms with Crippen LogP contribution in [-0.4, -0.2) is 96.8 Å². The maximum atomic E-state index is 12.3. The van der Waals surface area contributed by atoms with Gasteiger partial charge in [-0.2, -0.15) is 0 Å². The largest absolute Gasteiger partial charge is 0.355 e. The van der Waals surface area contributed by atoms with Gasteiger partial charge in [0.1, 0.15) is 6.04 Å². The van der Waals surface area contributed by atoms with Gasteiger partial charge < -0.3 is 20.4 Å². The molecule has 2 fully saturated rings. The lowest BCUT2D eigenvalue weighted by Crippen LogP contribution is -2.59. The van der Waals surface area contributed by atoms with Crippen LogP contribution in [0.4, 0.5) is 0 Å². The number of carbonyl (C=O) groups is 5. The highest BCUT2D eigenvalue weighted by Crippen LogP contribution is 2.13. The Bertz CT molecular complexity index is 653. The van der Waals surface area contributed by atoms with E-state index in [1.807, 2.05) is 19.0 Å². The molecule has 2 rings (SSSR count). The van der Waals surface area contributed by atoms with Gasteiger partial charge in [0.2, 0.25) is 11.8 Å². The molecule has 2 aliphatic heterocycles. The summed E-state index contributed by atoms with van der Waals surface area (Å²) in [5, 5.41) is 5.77. The number of imide groups is 1. The van der Waals surface area contributed by atoms with Crippen molar-refractivity contribution in [1.82, 2.24) is 25.5 Å². The SMILES string of the molecule is [13CH3][13CH]1[13CH2]N([13CH3])C(C(=O)NCCC(=O)[15NH][13CH2][13CH2][13C](=O)ON2C(=O)CCC2=O)C[15N]1[13CH3]. The van der Waals surface area contributed by atoms with Crippen LogP contribution in [0.3, 0.4) is 0 Å². The van der Waals surface area contributed by atoms with Gasteiger partial charge in [-0.1, -0.05) is 0 Å². The Hall–Kier alpha value is -2.53. The van der Waals surface area contributed by atoms with Crippen LogP contribution in [0, 0.1) is 0 Å². The van der Waals surface area contributed by atoms with E-state index in [9.17, 15) is 24.0 Å². The van der Waals surface area contributed by atoms with Crippen LogP contribution in [0.25, 0.3) is 0 Å². The van der Waals surface area contributed by atoms with Crippen molar-refractivity contribution < 1.29 is 28.8 Å². The molecule has 0 spiro atoms. The molecule has 2 aliphatic rings. The van der Waals surface area contributed by atoms with Crippen molar-refractivity contribution in [2.24, 2.45) is 0 Å². The van der Waals surface area contributed by atoms with Gasteiger partial charge in [0.15, 0.2) is 0 Å². The van der Waals surface area contributed by atoms with E-state index in [0.29, 0.717) is 17.6 Å². The molecule has 162 valence electrons. The van der Waals surface area contributed by atoms with Gasteiger partial charge in [-0.15, -0.1) is 5.06 Å². The van der Waals surface area contributed by atoms with Crippen LogP contribution in [0.1, 0.15) is 32.6 Å². The van der Waals surface area contributed by atoms with Crippen molar-refractivity contribution in [2.45, 2.75) is 44.7 Å². The lowest BCUT2D eigenvalue weighted by molar-refractivity contribution is -0.197. The Morgan fingerprint density at radius 2 is 1.59 bits per heavy atom. The summed E-state index contributed by atoms with van der Waals surface area (Å²) in [5.74, 6) is -2.32. The van der Waals surface area contributed by atoms with E-state index in [4.69, 9.17) is 4.84 Å². The monoisotopic (exact) mass is 421 g/mol. The van der Waals surface area contributed by atoms with E-state index < -0.39 is 17.8 Å². The molecule has 2 N–H and O–H groups in total. The number of nitrogens with one attached hydrogen (secondary N) is 2. The van der Waals surface area contributed by atoms with Crippen molar-refractivity contribution >= 4 is 29.6 Å². The second kappa shape index (κ2) is 10.3. The Kier molecular flexibility index (Phi) is 8.09. The smallest absolute Gasteiger partial charge is 0.334 e. The zero-order chi connectivity index (χ0) is 21.6. The quantitative estimate of drug-likeness (QED) is 0.268. The van der Waals surface area contributed by atoms with E-state index in [-0.39, 0.29) is 56.6 Å². The molecule has 2 unspecified atom stereocenters. The lowest BCUT2D eigenvalue weighted by Gasteiger charge is -2.41. The molecule has 11 heteroatoms. The number of rotatable bonds is 8. The number of amides is 4. The molecular formula is C18H29N5O6. The minimum atomic E-state index is -0.777. The summed E-state index contributed by atoms with van der Waals surface area (Å²) in [4.78, 5) is 67.4. The molecule has 0 aromatic heterocycles. The topological polar surface area (TPSA) is 128 Å². The molecule has 0 aliphatic carbocycles. The van der Waals surface area contributed by atoms with Crippen LogP contribution >= 0.6 is 0 Å². The predicted molar refractivity (Wildman–Crippen MR) is 101 cm³/mol. The highest BCUT2D eigenvalue weighted by molar-refractivity contribution is 6.01. The van der Waals surface area contributed by atoms with Gasteiger partial charge in [-0.25, -0.2) is 4.79 Å². The molecule has 0 aromatic rings. The Morgan fingerprint density at radius 3 is 2.24 bits per heavy atom. The third kappa shape index (κ3) is 6.50. The normalized spacial score (nSPS) is 23.2. The molecular weight excluding hydrogens is 392 g/mol. The molecule has 11 nitrogen and oxygen atoms in total. The third-order valence-corrected chi connectivity index (χ3v) is 5.10. The van der Waals surface area contributed by atoms with E-state index in [0.717, 1.165) is 6.54 Å². The summed E-state index contributed by atoms with van der Waals surface area (Å²) < 4.78 is 0. The van der Waals surface area contributed by atoms with Crippen molar-refractivity contribution in [2.75, 3.05) is 40.3 Å². The molecule has 0 bridgehead atoms. The van der Waals surface area contributed by atoms with E-state index in [1.165, 1.54) is 0 Å². The summed E-state index contributed by atoms with van der Waals surface area (Å²) in [7, 11) is 3.88. The molecule has 2 heterocycles. The van der Waals surface area contributed by atoms with Crippen LogP contribution in [0.2, 0.25) is 0 Å². The minimum Gasteiger partial charge on any atom is -0.355 e. The lowest BCUT2D eigenvalue weighted by atomic mass is 10.2. The van der Waals surface area contributed by atoms with E-state index in [1.54, 1.807) is 0 Å². The first-order valence-electron chi connectivity index (χ1n) is 9.70. The number of likely N-dealkylation sites (N-methyl/N-ethyl adjacent to an activating group) is 2. The molecule has 2 saturated heterocycles. The standard InChI is InChI=1S/C18H29N5O6/c1-12-10-22(3)13(11-21(12)2)18(28)20-8-6-14(24)19-9-7-17(27)29-23-15(25)4-5-16(23)26/h12-13H,4-11H2,1-3H3,(H,19,24)(H,20,28)/i1+1,2+1,3+1,7+1,9+1,10+1,12+1,17+1,19+1,21+1. The number of hydrogen-bond acceptors (Lipinski definition) is 8. The molecule has 29 heavy (non-hydrogen) atoms. The second-order valence-electron chi connectivity index (χ2n) is 7.43. The Balaban J connectivity index is 1.60. The van der Waals surface area contributed by atoms with Crippen LogP contribution in [0.5, 0.6) is 0 Å². The van der Waals surface area contributed by atoms with Crippen molar-refractivity contribution in [1.29, 1.82) is 0 Å². The van der Waals surface area contributed by atoms with Gasteiger partial charge >= 0.3 is 5.97 Å². The first-order chi connectivity index (χ1) is 13.7. The van der Waals surface area contributed by atoms with Gasteiger partial charge in [0.05, 0.1) is 6.42 Å². The van der Waals surface area contributed by atoms with Gasteiger partial charge in [0.25, 0.3) is 11.8 Å². The molecule has 0 aromatic carbocycles. The van der Waals surface area contributed by atoms with Gasteiger partial charge in [0, 0.05) is 51.5 Å². The average molecular weight is 421 g/mol. The summed E-state index contributed by atoms with van der Waals surface area (Å²) in [6.45, 7) is 3.72. The highest BCUT2D eigenvalue weighted by Gasteiger charge is 2.33. The van der Waals surface area contributed by atoms with E-state index >= 15 is 0 Å². The van der Waals surface area contributed by atoms with Crippen molar-refractivity contribution in [3.63, 3.8) is 0 Å². The summed E-state index contributed by atoms with van der Waals surface area (Å²) in [6.07, 6.45) is -0.0415. The van der Waals surface area contributed by atoms with Crippen molar-refractivity contribution in [3.05, 3.63) is 0 Å². The fourth-order valence-electron chi connectivity index (χ4n) is 3.17. The van der Waals surface area contributed by atoms with Crippen LogP contribution < -0.4 is 10.6 Å². The van der Waals surface area contributed by atoms with Gasteiger partial charge in [-0.05, 0) is 21.0 Å². The fraction of sp³-hybridized carbons (Fsp3) is 0.722. The zero-order valence-electron chi connectivity index (χ0n) is 17.1. The molecule has 2 atom stereocenters. The Labute approximate surface area is 169 Å². The maximum absolute atomic E-state index is 12.3. The maximum Gasteiger partial charge on any atom is 0.334 e. The number of hydrogen-bond donors (Lipinski definition) is 2. The molecule has 0 saturated carbocycles. The molecule has 0 radical (unpaired) electrons. The summed E-state index contributed by atoms with van der Waals surface area (Å²) >= 11 is 0. The second-order valence-corrected chi connectivity index (χ2v) is 7.43.